The maximum atomic E-state index is 14.1. The predicted octanol–water partition coefficient (Wildman–Crippen LogP) is 3.66. The van der Waals surface area contributed by atoms with Crippen molar-refractivity contribution in [3.8, 4) is 0 Å². The van der Waals surface area contributed by atoms with E-state index in [2.05, 4.69) is 48.1 Å². The Balaban J connectivity index is 2.20. The van der Waals surface area contributed by atoms with Crippen LogP contribution in [0.1, 0.15) is 101 Å². The lowest BCUT2D eigenvalue weighted by atomic mass is 9.84. The van der Waals surface area contributed by atoms with Crippen molar-refractivity contribution in [2.75, 3.05) is 46.3 Å². The number of nitrogens with zero attached hydrogens (tertiary/aromatic N) is 4. The highest BCUT2D eigenvalue weighted by molar-refractivity contribution is 5.97. The zero-order chi connectivity index (χ0) is 34.1. The van der Waals surface area contributed by atoms with E-state index in [1.807, 2.05) is 40.7 Å². The fourth-order valence-electron chi connectivity index (χ4n) is 6.67. The zero-order valence-corrected chi connectivity index (χ0v) is 30.2. The van der Waals surface area contributed by atoms with Crippen molar-refractivity contribution in [3.05, 3.63) is 11.6 Å². The molecule has 4 atom stereocenters. The quantitative estimate of drug-likeness (QED) is 0.284. The molecule has 2 rings (SSSR count). The van der Waals surface area contributed by atoms with E-state index in [0.717, 1.165) is 51.9 Å². The van der Waals surface area contributed by atoms with Gasteiger partial charge in [-0.15, -0.1) is 0 Å². The molecule has 0 aliphatic carbocycles. The Morgan fingerprint density at radius 2 is 1.53 bits per heavy atom. The van der Waals surface area contributed by atoms with Crippen LogP contribution in [0, 0.1) is 11.3 Å². The number of carbonyl (C=O) groups is 4. The van der Waals surface area contributed by atoms with Crippen LogP contribution in [0.3, 0.4) is 0 Å². The maximum Gasteiger partial charge on any atom is 0.249 e. The van der Waals surface area contributed by atoms with Gasteiger partial charge in [0.2, 0.25) is 23.6 Å². The van der Waals surface area contributed by atoms with Crippen LogP contribution >= 0.6 is 0 Å². The first-order valence-electron chi connectivity index (χ1n) is 17.4. The Hall–Kier alpha value is -2.46. The van der Waals surface area contributed by atoms with E-state index in [4.69, 9.17) is 0 Å². The molecule has 0 aromatic carbocycles. The number of hydrogen-bond donors (Lipinski definition) is 2. The Kier molecular flexibility index (Phi) is 15.0. The van der Waals surface area contributed by atoms with Gasteiger partial charge in [-0.3, -0.25) is 24.1 Å². The predicted molar refractivity (Wildman–Crippen MR) is 182 cm³/mol. The molecular formula is C35H64N6O4. The van der Waals surface area contributed by atoms with Gasteiger partial charge < -0.3 is 25.3 Å². The van der Waals surface area contributed by atoms with E-state index in [0.29, 0.717) is 25.1 Å². The molecular weight excluding hydrogens is 568 g/mol. The number of piperidine rings is 1. The van der Waals surface area contributed by atoms with E-state index in [9.17, 15) is 19.2 Å². The van der Waals surface area contributed by atoms with Gasteiger partial charge in [0, 0.05) is 38.3 Å². The van der Waals surface area contributed by atoms with Gasteiger partial charge in [0.15, 0.2) is 0 Å². The molecule has 2 heterocycles. The van der Waals surface area contributed by atoms with Crippen molar-refractivity contribution >= 4 is 23.6 Å². The standard InChI is InChI=1S/C35H64N6O4/c1-12-39(13-2)22-19-36-31(42)27-18-16-21-41(27)33(44)26(7)23-29(24(3)4)38(11)34(45)30(35(8,9)10)37-32(43)28-17-14-15-20-40(28)25(5)6/h23-25,27-30H,12-22H2,1-11H3,(H,36,42)(H,37,43)/b26-23+/t27-,28+,29+,30+/m0/s1. The van der Waals surface area contributed by atoms with Crippen molar-refractivity contribution in [3.63, 3.8) is 0 Å². The maximum absolute atomic E-state index is 14.1. The fraction of sp³-hybridized carbons (Fsp3) is 0.829. The molecule has 2 saturated heterocycles. The molecule has 4 amide bonds. The molecule has 10 heteroatoms. The summed E-state index contributed by atoms with van der Waals surface area (Å²) in [5.41, 5.74) is -0.00196. The van der Waals surface area contributed by atoms with Gasteiger partial charge >= 0.3 is 0 Å². The number of amides is 4. The second-order valence-corrected chi connectivity index (χ2v) is 14.7. The molecule has 0 aromatic heterocycles. The number of nitrogens with one attached hydrogen (secondary N) is 2. The Morgan fingerprint density at radius 1 is 0.911 bits per heavy atom. The van der Waals surface area contributed by atoms with Gasteiger partial charge in [-0.05, 0) is 77.4 Å². The summed E-state index contributed by atoms with van der Waals surface area (Å²) >= 11 is 0. The normalized spacial score (nSPS) is 21.3. The fourth-order valence-corrected chi connectivity index (χ4v) is 6.67. The van der Waals surface area contributed by atoms with Gasteiger partial charge in [0.05, 0.1) is 12.1 Å². The summed E-state index contributed by atoms with van der Waals surface area (Å²) in [6.07, 6.45) is 6.15. The van der Waals surface area contributed by atoms with Crippen LogP contribution in [0.5, 0.6) is 0 Å². The van der Waals surface area contributed by atoms with Gasteiger partial charge in [0.1, 0.15) is 12.1 Å². The van der Waals surface area contributed by atoms with Gasteiger partial charge in [-0.1, -0.05) is 61.0 Å². The SMILES string of the molecule is CCN(CC)CCNC(=O)[C@@H]1CCCN1C(=O)/C(C)=C/[C@H](C(C)C)N(C)C(=O)[C@@H](NC(=O)[C@H]1CCCCN1C(C)C)C(C)(C)C. The van der Waals surface area contributed by atoms with Crippen LogP contribution in [-0.2, 0) is 19.2 Å². The molecule has 0 radical (unpaired) electrons. The smallest absolute Gasteiger partial charge is 0.249 e. The Bertz CT molecular complexity index is 1030. The first kappa shape index (κ1) is 38.7. The minimum Gasteiger partial charge on any atom is -0.353 e. The third-order valence-corrected chi connectivity index (χ3v) is 9.58. The first-order chi connectivity index (χ1) is 21.0. The summed E-state index contributed by atoms with van der Waals surface area (Å²) in [5.74, 6) is -0.528. The lowest BCUT2D eigenvalue weighted by Crippen LogP contribution is -2.60. The topological polar surface area (TPSA) is 105 Å². The summed E-state index contributed by atoms with van der Waals surface area (Å²) < 4.78 is 0. The van der Waals surface area contributed by atoms with E-state index < -0.39 is 17.5 Å². The molecule has 2 aliphatic rings. The molecule has 0 saturated carbocycles. The van der Waals surface area contributed by atoms with Gasteiger partial charge in [-0.25, -0.2) is 0 Å². The third kappa shape index (κ3) is 10.5. The third-order valence-electron chi connectivity index (χ3n) is 9.58. The van der Waals surface area contributed by atoms with Crippen molar-refractivity contribution in [2.24, 2.45) is 11.3 Å². The number of likely N-dealkylation sites (tertiary alicyclic amines) is 2. The zero-order valence-electron chi connectivity index (χ0n) is 30.2. The summed E-state index contributed by atoms with van der Waals surface area (Å²) in [4.78, 5) is 62.3. The largest absolute Gasteiger partial charge is 0.353 e. The summed E-state index contributed by atoms with van der Waals surface area (Å²) in [5, 5.41) is 6.17. The van der Waals surface area contributed by atoms with Gasteiger partial charge in [0.25, 0.3) is 0 Å². The molecule has 45 heavy (non-hydrogen) atoms. The molecule has 2 fully saturated rings. The highest BCUT2D eigenvalue weighted by Crippen LogP contribution is 2.27. The highest BCUT2D eigenvalue weighted by atomic mass is 16.2. The molecule has 0 spiro atoms. The van der Waals surface area contributed by atoms with Crippen LogP contribution in [0.25, 0.3) is 0 Å². The summed E-state index contributed by atoms with van der Waals surface area (Å²) in [7, 11) is 1.76. The molecule has 0 unspecified atom stereocenters. The summed E-state index contributed by atoms with van der Waals surface area (Å²) in [6, 6.07) is -1.57. The van der Waals surface area contributed by atoms with Gasteiger partial charge in [-0.2, -0.15) is 0 Å². The molecule has 2 N–H and O–H groups in total. The minimum atomic E-state index is -0.723. The minimum absolute atomic E-state index is 0.0190. The molecule has 0 bridgehead atoms. The van der Waals surface area contributed by atoms with Crippen LogP contribution < -0.4 is 10.6 Å². The van der Waals surface area contributed by atoms with Crippen molar-refractivity contribution in [2.45, 2.75) is 132 Å². The number of likely N-dealkylation sites (N-methyl/N-ethyl adjacent to an activating group) is 2. The lowest BCUT2D eigenvalue weighted by Gasteiger charge is -2.41. The van der Waals surface area contributed by atoms with Crippen LogP contribution in [0.4, 0.5) is 0 Å². The monoisotopic (exact) mass is 632 g/mol. The molecule has 10 nitrogen and oxygen atoms in total. The molecule has 258 valence electrons. The van der Waals surface area contributed by atoms with Crippen LogP contribution in [0.15, 0.2) is 11.6 Å². The van der Waals surface area contributed by atoms with Crippen LogP contribution in [0.2, 0.25) is 0 Å². The van der Waals surface area contributed by atoms with Crippen molar-refractivity contribution in [1.82, 2.24) is 30.2 Å². The lowest BCUT2D eigenvalue weighted by molar-refractivity contribution is -0.142. The average Bonchev–Trinajstić information content (AvgIpc) is 3.48. The summed E-state index contributed by atoms with van der Waals surface area (Å²) in [6.45, 7) is 24.8. The van der Waals surface area contributed by atoms with Crippen LogP contribution in [-0.4, -0.2) is 120 Å². The van der Waals surface area contributed by atoms with E-state index in [1.54, 1.807) is 23.8 Å². The molecule has 2 aliphatic heterocycles. The number of rotatable bonds is 14. The second kappa shape index (κ2) is 17.5. The Labute approximate surface area is 273 Å². The first-order valence-corrected chi connectivity index (χ1v) is 17.4. The van der Waals surface area contributed by atoms with E-state index >= 15 is 0 Å². The van der Waals surface area contributed by atoms with E-state index in [-0.39, 0.29) is 47.7 Å². The average molecular weight is 633 g/mol. The Morgan fingerprint density at radius 3 is 2.09 bits per heavy atom. The molecule has 0 aromatic rings. The number of hydrogen-bond acceptors (Lipinski definition) is 6. The number of carbonyl (C=O) groups excluding carboxylic acids is 4. The van der Waals surface area contributed by atoms with Crippen molar-refractivity contribution in [1.29, 1.82) is 0 Å². The highest BCUT2D eigenvalue weighted by Gasteiger charge is 2.40. The second-order valence-electron chi connectivity index (χ2n) is 14.7. The van der Waals surface area contributed by atoms with E-state index in [1.165, 1.54) is 0 Å². The van der Waals surface area contributed by atoms with Crippen molar-refractivity contribution < 1.29 is 19.2 Å².